The van der Waals surface area contributed by atoms with Crippen LogP contribution in [-0.2, 0) is 4.79 Å². The van der Waals surface area contributed by atoms with Crippen LogP contribution < -0.4 is 5.32 Å². The van der Waals surface area contributed by atoms with Gasteiger partial charge < -0.3 is 15.5 Å². The third kappa shape index (κ3) is 2.19. The minimum absolute atomic E-state index is 0.0171. The fourth-order valence-electron chi connectivity index (χ4n) is 0.993. The molecule has 0 aliphatic rings. The Kier molecular flexibility index (Phi) is 2.87. The summed E-state index contributed by atoms with van der Waals surface area (Å²) in [5.74, 6) is -0.0171. The molecule has 0 fully saturated rings. The van der Waals surface area contributed by atoms with Crippen molar-refractivity contribution < 1.29 is 15.0 Å². The van der Waals surface area contributed by atoms with Gasteiger partial charge in [0.05, 0.1) is 11.8 Å². The first-order valence-electron chi connectivity index (χ1n) is 3.86. The van der Waals surface area contributed by atoms with E-state index in [1.54, 1.807) is 13.0 Å². The standard InChI is InChI=1S/C9H11NO3/c1-6(12)7-2-3-9(13)8(4-7)10-5-11/h2-6,12-13H,1H3,(H,10,11). The molecule has 1 rings (SSSR count). The average molecular weight is 181 g/mol. The lowest BCUT2D eigenvalue weighted by atomic mass is 10.1. The van der Waals surface area contributed by atoms with E-state index in [2.05, 4.69) is 5.32 Å². The third-order valence-electron chi connectivity index (χ3n) is 1.72. The summed E-state index contributed by atoms with van der Waals surface area (Å²) in [6, 6.07) is 4.54. The van der Waals surface area contributed by atoms with E-state index in [9.17, 15) is 15.0 Å². The number of phenols is 1. The van der Waals surface area contributed by atoms with Gasteiger partial charge >= 0.3 is 0 Å². The fourth-order valence-corrected chi connectivity index (χ4v) is 0.993. The molecule has 0 heterocycles. The van der Waals surface area contributed by atoms with Crippen molar-refractivity contribution in [3.05, 3.63) is 23.8 Å². The van der Waals surface area contributed by atoms with Crippen molar-refractivity contribution in [2.75, 3.05) is 5.32 Å². The number of benzene rings is 1. The van der Waals surface area contributed by atoms with E-state index in [4.69, 9.17) is 0 Å². The van der Waals surface area contributed by atoms with Crippen molar-refractivity contribution in [2.24, 2.45) is 0 Å². The quantitative estimate of drug-likeness (QED) is 0.481. The van der Waals surface area contributed by atoms with Crippen LogP contribution in [0.4, 0.5) is 5.69 Å². The molecule has 1 unspecified atom stereocenters. The Hall–Kier alpha value is -1.55. The number of nitrogens with one attached hydrogen (secondary N) is 1. The smallest absolute Gasteiger partial charge is 0.211 e. The van der Waals surface area contributed by atoms with Crippen LogP contribution in [0, 0.1) is 0 Å². The zero-order chi connectivity index (χ0) is 9.84. The van der Waals surface area contributed by atoms with Gasteiger partial charge in [-0.1, -0.05) is 6.07 Å². The number of rotatable bonds is 3. The Morgan fingerprint density at radius 1 is 1.54 bits per heavy atom. The third-order valence-corrected chi connectivity index (χ3v) is 1.72. The van der Waals surface area contributed by atoms with Crippen LogP contribution in [0.5, 0.6) is 5.75 Å². The van der Waals surface area contributed by atoms with Gasteiger partial charge in [0.2, 0.25) is 6.41 Å². The van der Waals surface area contributed by atoms with Crippen molar-refractivity contribution >= 4 is 12.1 Å². The summed E-state index contributed by atoms with van der Waals surface area (Å²) in [5.41, 5.74) is 0.940. The molecule has 4 nitrogen and oxygen atoms in total. The van der Waals surface area contributed by atoms with Crippen molar-refractivity contribution in [3.8, 4) is 5.75 Å². The number of aromatic hydroxyl groups is 1. The van der Waals surface area contributed by atoms with Crippen molar-refractivity contribution in [1.29, 1.82) is 0 Å². The van der Waals surface area contributed by atoms with Crippen LogP contribution in [0.15, 0.2) is 18.2 Å². The summed E-state index contributed by atoms with van der Waals surface area (Å²) in [4.78, 5) is 10.1. The molecule has 1 atom stereocenters. The summed E-state index contributed by atoms with van der Waals surface area (Å²) in [7, 11) is 0. The number of hydrogen-bond donors (Lipinski definition) is 3. The maximum absolute atomic E-state index is 10.1. The maximum atomic E-state index is 10.1. The van der Waals surface area contributed by atoms with Crippen molar-refractivity contribution in [1.82, 2.24) is 0 Å². The molecule has 1 aromatic rings. The highest BCUT2D eigenvalue weighted by atomic mass is 16.3. The molecular weight excluding hydrogens is 170 g/mol. The lowest BCUT2D eigenvalue weighted by molar-refractivity contribution is -0.105. The Bertz CT molecular complexity index is 310. The van der Waals surface area contributed by atoms with Gasteiger partial charge in [-0.2, -0.15) is 0 Å². The summed E-state index contributed by atoms with van der Waals surface area (Å²) in [5, 5.41) is 20.8. The second-order valence-corrected chi connectivity index (χ2v) is 2.71. The molecule has 4 heteroatoms. The highest BCUT2D eigenvalue weighted by Gasteiger charge is 2.05. The fraction of sp³-hybridized carbons (Fsp3) is 0.222. The van der Waals surface area contributed by atoms with Crippen LogP contribution in [0.3, 0.4) is 0 Å². The number of aliphatic hydroxyl groups is 1. The molecule has 0 aromatic heterocycles. The van der Waals surface area contributed by atoms with Gasteiger partial charge in [0.25, 0.3) is 0 Å². The first-order valence-corrected chi connectivity index (χ1v) is 3.86. The van der Waals surface area contributed by atoms with E-state index in [1.165, 1.54) is 12.1 Å². The Labute approximate surface area is 75.8 Å². The number of carbonyl (C=O) groups excluding carboxylic acids is 1. The lowest BCUT2D eigenvalue weighted by Gasteiger charge is -2.08. The predicted molar refractivity (Wildman–Crippen MR) is 48.4 cm³/mol. The van der Waals surface area contributed by atoms with Gasteiger partial charge in [-0.05, 0) is 24.6 Å². The molecule has 70 valence electrons. The molecule has 1 amide bonds. The first-order chi connectivity index (χ1) is 6.15. The summed E-state index contributed by atoms with van der Waals surface area (Å²) < 4.78 is 0. The monoisotopic (exact) mass is 181 g/mol. The predicted octanol–water partition coefficient (Wildman–Crippen LogP) is 1.01. The second-order valence-electron chi connectivity index (χ2n) is 2.71. The van der Waals surface area contributed by atoms with E-state index in [1.807, 2.05) is 0 Å². The SMILES string of the molecule is CC(O)c1ccc(O)c(NC=O)c1. The van der Waals surface area contributed by atoms with Gasteiger partial charge in [0.15, 0.2) is 0 Å². The Morgan fingerprint density at radius 2 is 2.23 bits per heavy atom. The van der Waals surface area contributed by atoms with Crippen molar-refractivity contribution in [2.45, 2.75) is 13.0 Å². The van der Waals surface area contributed by atoms with Gasteiger partial charge in [-0.25, -0.2) is 0 Å². The zero-order valence-electron chi connectivity index (χ0n) is 7.19. The molecule has 0 radical (unpaired) electrons. The maximum Gasteiger partial charge on any atom is 0.211 e. The Balaban J connectivity index is 3.03. The number of phenolic OH excluding ortho intramolecular Hbond substituents is 1. The molecule has 13 heavy (non-hydrogen) atoms. The van der Waals surface area contributed by atoms with Gasteiger partial charge in [0.1, 0.15) is 5.75 Å². The number of amides is 1. The van der Waals surface area contributed by atoms with Crippen molar-refractivity contribution in [3.63, 3.8) is 0 Å². The van der Waals surface area contributed by atoms with E-state index in [0.717, 1.165) is 0 Å². The topological polar surface area (TPSA) is 69.6 Å². The highest BCUT2D eigenvalue weighted by Crippen LogP contribution is 2.26. The number of carbonyl (C=O) groups is 1. The van der Waals surface area contributed by atoms with Crippen LogP contribution in [0.1, 0.15) is 18.6 Å². The minimum atomic E-state index is -0.618. The normalized spacial score (nSPS) is 12.2. The summed E-state index contributed by atoms with van der Waals surface area (Å²) >= 11 is 0. The largest absolute Gasteiger partial charge is 0.506 e. The molecular formula is C9H11NO3. The number of aliphatic hydroxyl groups excluding tert-OH is 1. The molecule has 0 saturated carbocycles. The molecule has 3 N–H and O–H groups in total. The number of anilines is 1. The Morgan fingerprint density at radius 3 is 2.77 bits per heavy atom. The minimum Gasteiger partial charge on any atom is -0.506 e. The van der Waals surface area contributed by atoms with Crippen LogP contribution >= 0.6 is 0 Å². The van der Waals surface area contributed by atoms with Crippen LogP contribution in [0.2, 0.25) is 0 Å². The lowest BCUT2D eigenvalue weighted by Crippen LogP contribution is -1.97. The van der Waals surface area contributed by atoms with Gasteiger partial charge in [0, 0.05) is 0 Å². The van der Waals surface area contributed by atoms with E-state index in [-0.39, 0.29) is 5.75 Å². The van der Waals surface area contributed by atoms with Gasteiger partial charge in [-0.15, -0.1) is 0 Å². The van der Waals surface area contributed by atoms with Crippen LogP contribution in [-0.4, -0.2) is 16.6 Å². The van der Waals surface area contributed by atoms with E-state index < -0.39 is 6.10 Å². The highest BCUT2D eigenvalue weighted by molar-refractivity contribution is 5.75. The summed E-state index contributed by atoms with van der Waals surface area (Å²) in [6.45, 7) is 1.61. The van der Waals surface area contributed by atoms with Gasteiger partial charge in [-0.3, -0.25) is 4.79 Å². The summed E-state index contributed by atoms with van der Waals surface area (Å²) in [6.07, 6.45) is -0.145. The molecule has 0 aliphatic heterocycles. The number of hydrogen-bond acceptors (Lipinski definition) is 3. The molecule has 0 spiro atoms. The average Bonchev–Trinajstić information content (AvgIpc) is 2.08. The molecule has 1 aromatic carbocycles. The molecule has 0 bridgehead atoms. The zero-order valence-corrected chi connectivity index (χ0v) is 7.19. The molecule has 0 saturated heterocycles. The van der Waals surface area contributed by atoms with E-state index in [0.29, 0.717) is 17.7 Å². The van der Waals surface area contributed by atoms with E-state index >= 15 is 0 Å². The first kappa shape index (κ1) is 9.54. The second kappa shape index (κ2) is 3.91. The molecule has 0 aliphatic carbocycles. The van der Waals surface area contributed by atoms with Crippen LogP contribution in [0.25, 0.3) is 0 Å².